The van der Waals surface area contributed by atoms with Crippen LogP contribution in [0.4, 0.5) is 0 Å². The molecule has 254 valence electrons. The summed E-state index contributed by atoms with van der Waals surface area (Å²) in [6.07, 6.45) is 2.97. The number of nitrogens with zero attached hydrogens (tertiary/aromatic N) is 2. The van der Waals surface area contributed by atoms with Crippen molar-refractivity contribution in [2.24, 2.45) is 0 Å². The van der Waals surface area contributed by atoms with Crippen LogP contribution in [0.5, 0.6) is 0 Å². The van der Waals surface area contributed by atoms with Crippen LogP contribution in [0, 0.1) is 0 Å². The number of aromatic nitrogens is 2. The molecule has 2 aromatic heterocycles. The van der Waals surface area contributed by atoms with Crippen LogP contribution < -0.4 is 22.2 Å². The van der Waals surface area contributed by atoms with E-state index in [1.54, 1.807) is 97.1 Å². The number of ether oxygens (including phenoxy) is 2. The highest BCUT2D eigenvalue weighted by Gasteiger charge is 2.21. The number of carbonyl (C=O) groups is 2. The molecule has 0 aliphatic carbocycles. The molecule has 5 aromatic carbocycles. The first kappa shape index (κ1) is 33.3. The van der Waals surface area contributed by atoms with Gasteiger partial charge in [0.15, 0.2) is 0 Å². The average Bonchev–Trinajstić information content (AvgIpc) is 3.58. The van der Waals surface area contributed by atoms with Gasteiger partial charge in [0, 0.05) is 0 Å². The molecule has 7 aromatic rings. The van der Waals surface area contributed by atoms with Crippen LogP contribution >= 0.6 is 0 Å². The Balaban J connectivity index is 1.17. The number of fused-ring (bicyclic) bond motifs is 2. The third-order valence-electron chi connectivity index (χ3n) is 8.72. The number of esters is 2. The predicted octanol–water partition coefficient (Wildman–Crippen LogP) is 5.91. The molecule has 0 amide bonds. The van der Waals surface area contributed by atoms with Crippen LogP contribution in [0.25, 0.3) is 55.2 Å². The zero-order valence-corrected chi connectivity index (χ0v) is 27.5. The molecule has 0 aliphatic heterocycles. The summed E-state index contributed by atoms with van der Waals surface area (Å²) >= 11 is 0. The largest absolute Gasteiger partial charge is 0.458 e. The molecule has 52 heavy (non-hydrogen) atoms. The standard InChI is InChI=1S/C42H28N2O8/c1-3-21-51-41(49)29-9-5-25(6-10-29)27-13-17-31(18-14-27)43-37(45)33-23-35-36(24-34(33)38(43)46)40(48)44(39(35)47)32-19-15-28(16-20-32)26-7-11-30(12-8-26)42(50)52-22-4-2/h3-20,23-24H,1-2,21-22H2. The van der Waals surface area contributed by atoms with E-state index >= 15 is 0 Å². The average molecular weight is 689 g/mol. The smallest absolute Gasteiger partial charge is 0.338 e. The van der Waals surface area contributed by atoms with Crippen LogP contribution in [0.2, 0.25) is 0 Å². The zero-order valence-electron chi connectivity index (χ0n) is 27.5. The lowest BCUT2D eigenvalue weighted by atomic mass is 10.0. The van der Waals surface area contributed by atoms with Crippen LogP contribution in [0.15, 0.2) is 154 Å². The molecule has 0 N–H and O–H groups in total. The fraction of sp³-hybridized carbons (Fsp3) is 0.0476. The van der Waals surface area contributed by atoms with Gasteiger partial charge in [0.05, 0.1) is 44.0 Å². The van der Waals surface area contributed by atoms with Gasteiger partial charge < -0.3 is 9.47 Å². The summed E-state index contributed by atoms with van der Waals surface area (Å²) in [5, 5.41) is 0.118. The van der Waals surface area contributed by atoms with E-state index in [0.29, 0.717) is 22.5 Å². The molecule has 10 nitrogen and oxygen atoms in total. The third-order valence-corrected chi connectivity index (χ3v) is 8.72. The van der Waals surface area contributed by atoms with Gasteiger partial charge in [0.25, 0.3) is 22.2 Å². The Morgan fingerprint density at radius 3 is 1.00 bits per heavy atom. The van der Waals surface area contributed by atoms with E-state index in [4.69, 9.17) is 9.47 Å². The predicted molar refractivity (Wildman–Crippen MR) is 199 cm³/mol. The minimum atomic E-state index is -0.610. The van der Waals surface area contributed by atoms with Gasteiger partial charge in [-0.05, 0) is 82.9 Å². The molecule has 0 spiro atoms. The summed E-state index contributed by atoms with van der Waals surface area (Å²) < 4.78 is 12.2. The molecule has 0 atom stereocenters. The van der Waals surface area contributed by atoms with Crippen molar-refractivity contribution >= 4 is 33.5 Å². The molecule has 0 bridgehead atoms. The molecule has 10 heteroatoms. The second-order valence-corrected chi connectivity index (χ2v) is 11.9. The zero-order chi connectivity index (χ0) is 36.5. The number of carbonyl (C=O) groups excluding carboxylic acids is 2. The molecule has 0 unspecified atom stereocenters. The topological polar surface area (TPSA) is 131 Å². The summed E-state index contributed by atoms with van der Waals surface area (Å²) in [5.41, 5.74) is 2.16. The van der Waals surface area contributed by atoms with Crippen molar-refractivity contribution in [2.45, 2.75) is 0 Å². The fourth-order valence-corrected chi connectivity index (χ4v) is 6.08. The summed E-state index contributed by atoms with van der Waals surface area (Å²) in [7, 11) is 0. The van der Waals surface area contributed by atoms with Gasteiger partial charge in [-0.15, -0.1) is 0 Å². The Morgan fingerprint density at radius 2 is 0.731 bits per heavy atom. The van der Waals surface area contributed by atoms with Crippen LogP contribution in [-0.4, -0.2) is 34.3 Å². The van der Waals surface area contributed by atoms with Crippen molar-refractivity contribution in [1.82, 2.24) is 9.13 Å². The number of rotatable bonds is 10. The van der Waals surface area contributed by atoms with Crippen molar-refractivity contribution in [3.05, 3.63) is 187 Å². The van der Waals surface area contributed by atoms with Crippen molar-refractivity contribution in [2.75, 3.05) is 13.2 Å². The lowest BCUT2D eigenvalue weighted by Gasteiger charge is -2.06. The van der Waals surface area contributed by atoms with Crippen molar-refractivity contribution < 1.29 is 19.1 Å². The van der Waals surface area contributed by atoms with Gasteiger partial charge >= 0.3 is 11.9 Å². The summed E-state index contributed by atoms with van der Waals surface area (Å²) in [6, 6.07) is 29.8. The highest BCUT2D eigenvalue weighted by atomic mass is 16.5. The quantitative estimate of drug-likeness (QED) is 0.128. The third kappa shape index (κ3) is 5.88. The summed E-state index contributed by atoms with van der Waals surface area (Å²) in [5.74, 6) is -0.927. The van der Waals surface area contributed by atoms with E-state index in [-0.39, 0.29) is 34.8 Å². The number of hydrogen-bond donors (Lipinski definition) is 0. The van der Waals surface area contributed by atoms with Crippen molar-refractivity contribution in [3.8, 4) is 33.6 Å². The lowest BCUT2D eigenvalue weighted by molar-refractivity contribution is 0.0540. The SMILES string of the molecule is C=CCOC(=O)c1ccc(-c2ccc(-n3c(=O)c4cc5c(=O)n(-c6ccc(-c7ccc(C(=O)OCC=C)cc7)cc6)c(=O)c5cc4c3=O)cc2)cc1. The van der Waals surface area contributed by atoms with E-state index in [1.807, 2.05) is 0 Å². The Hall–Kier alpha value is -7.20. The van der Waals surface area contributed by atoms with E-state index in [2.05, 4.69) is 13.2 Å². The van der Waals surface area contributed by atoms with Crippen molar-refractivity contribution in [1.29, 1.82) is 0 Å². The monoisotopic (exact) mass is 688 g/mol. The van der Waals surface area contributed by atoms with Crippen LogP contribution in [0.3, 0.4) is 0 Å². The normalized spacial score (nSPS) is 11.1. The van der Waals surface area contributed by atoms with Gasteiger partial charge in [-0.2, -0.15) is 0 Å². The Kier molecular flexibility index (Phi) is 8.71. The molecule has 7 rings (SSSR count). The molecule has 0 fully saturated rings. The van der Waals surface area contributed by atoms with Gasteiger partial charge in [-0.25, -0.2) is 18.7 Å². The minimum Gasteiger partial charge on any atom is -0.458 e. The highest BCUT2D eigenvalue weighted by molar-refractivity contribution is 5.98. The molecule has 2 heterocycles. The maximum atomic E-state index is 13.6. The number of benzene rings is 5. The maximum absolute atomic E-state index is 13.6. The van der Waals surface area contributed by atoms with Gasteiger partial charge in [0.2, 0.25) is 0 Å². The highest BCUT2D eigenvalue weighted by Crippen LogP contribution is 2.24. The van der Waals surface area contributed by atoms with Crippen LogP contribution in [0.1, 0.15) is 20.7 Å². The van der Waals surface area contributed by atoms with E-state index in [1.165, 1.54) is 24.3 Å². The molecule has 0 saturated carbocycles. The summed E-state index contributed by atoms with van der Waals surface area (Å²) in [4.78, 5) is 78.5. The molecule has 0 saturated heterocycles. The fourth-order valence-electron chi connectivity index (χ4n) is 6.08. The lowest BCUT2D eigenvalue weighted by Crippen LogP contribution is -2.24. The molecular formula is C42H28N2O8. The first-order chi connectivity index (χ1) is 25.2. The van der Waals surface area contributed by atoms with Gasteiger partial charge in [-0.1, -0.05) is 73.8 Å². The van der Waals surface area contributed by atoms with Gasteiger partial charge in [0.1, 0.15) is 13.2 Å². The Labute approximate surface area is 295 Å². The van der Waals surface area contributed by atoms with Gasteiger partial charge in [-0.3, -0.25) is 19.2 Å². The summed E-state index contributed by atoms with van der Waals surface area (Å²) in [6.45, 7) is 7.28. The Bertz CT molecular complexity index is 2480. The molecular weight excluding hydrogens is 660 g/mol. The first-order valence-corrected chi connectivity index (χ1v) is 16.1. The van der Waals surface area contributed by atoms with E-state index in [0.717, 1.165) is 31.4 Å². The molecule has 0 radical (unpaired) electrons. The van der Waals surface area contributed by atoms with Crippen LogP contribution in [-0.2, 0) is 9.47 Å². The first-order valence-electron chi connectivity index (χ1n) is 16.1. The minimum absolute atomic E-state index is 0.0296. The Morgan fingerprint density at radius 1 is 0.462 bits per heavy atom. The van der Waals surface area contributed by atoms with Crippen molar-refractivity contribution in [3.63, 3.8) is 0 Å². The van der Waals surface area contributed by atoms with E-state index in [9.17, 15) is 28.8 Å². The molecule has 0 aliphatic rings. The van der Waals surface area contributed by atoms with E-state index < -0.39 is 34.2 Å². The second kappa shape index (κ2) is 13.6. The second-order valence-electron chi connectivity index (χ2n) is 11.9. The maximum Gasteiger partial charge on any atom is 0.338 e. The number of hydrogen-bond acceptors (Lipinski definition) is 8.